The van der Waals surface area contributed by atoms with Crippen molar-refractivity contribution < 1.29 is 9.18 Å². The number of likely N-dealkylation sites (tertiary alicyclic amines) is 1. The first-order valence-corrected chi connectivity index (χ1v) is 10.2. The molecule has 156 valence electrons. The first-order valence-electron chi connectivity index (χ1n) is 9.84. The Labute approximate surface area is 172 Å². The molecule has 0 bridgehead atoms. The van der Waals surface area contributed by atoms with Crippen LogP contribution in [0.3, 0.4) is 0 Å². The molecule has 0 spiro atoms. The standard InChI is InChI=1S/C20H25ClFN5O2/c1-9-3-4-11-12(20(24)29)19(28)13-16(23)15(22)17(14(21)18(13)27(9)11)25-10-5-7-26(2)8-6-10/h9-10,25H,3-8,23H2,1-2H3,(H2,24,29)/t9-/m1/s1. The number of halogens is 2. The Morgan fingerprint density at radius 1 is 1.28 bits per heavy atom. The van der Waals surface area contributed by atoms with Gasteiger partial charge in [-0.1, -0.05) is 11.6 Å². The van der Waals surface area contributed by atoms with E-state index in [1.165, 1.54) is 0 Å². The molecule has 1 aromatic carbocycles. The van der Waals surface area contributed by atoms with Crippen molar-refractivity contribution in [2.45, 2.75) is 44.7 Å². The highest BCUT2D eigenvalue weighted by Gasteiger charge is 2.32. The Morgan fingerprint density at radius 3 is 2.55 bits per heavy atom. The summed E-state index contributed by atoms with van der Waals surface area (Å²) in [5.74, 6) is -1.60. The van der Waals surface area contributed by atoms with E-state index in [1.54, 1.807) is 0 Å². The lowest BCUT2D eigenvalue weighted by molar-refractivity contribution is 0.0998. The number of aromatic nitrogens is 1. The molecule has 1 atom stereocenters. The van der Waals surface area contributed by atoms with Crippen molar-refractivity contribution in [2.24, 2.45) is 5.73 Å². The molecule has 0 aliphatic carbocycles. The summed E-state index contributed by atoms with van der Waals surface area (Å²) in [4.78, 5) is 27.3. The van der Waals surface area contributed by atoms with Gasteiger partial charge < -0.3 is 26.3 Å². The number of nitrogens with two attached hydrogens (primary N) is 2. The molecule has 1 aromatic heterocycles. The minimum atomic E-state index is -0.834. The quantitative estimate of drug-likeness (QED) is 0.660. The number of rotatable bonds is 3. The van der Waals surface area contributed by atoms with Gasteiger partial charge in [-0.05, 0) is 52.7 Å². The second kappa shape index (κ2) is 7.18. The average Bonchev–Trinajstić information content (AvgIpc) is 3.04. The predicted molar refractivity (Wildman–Crippen MR) is 113 cm³/mol. The molecule has 2 aromatic rings. The molecule has 1 fully saturated rings. The maximum Gasteiger partial charge on any atom is 0.254 e. The van der Waals surface area contributed by atoms with Gasteiger partial charge in [0.25, 0.3) is 5.91 Å². The van der Waals surface area contributed by atoms with Crippen LogP contribution in [-0.2, 0) is 6.42 Å². The van der Waals surface area contributed by atoms with Gasteiger partial charge >= 0.3 is 0 Å². The van der Waals surface area contributed by atoms with Crippen molar-refractivity contribution in [3.8, 4) is 0 Å². The van der Waals surface area contributed by atoms with Crippen LogP contribution in [0.1, 0.15) is 48.3 Å². The molecule has 0 radical (unpaired) electrons. The van der Waals surface area contributed by atoms with E-state index in [1.807, 2.05) is 18.5 Å². The SMILES string of the molecule is C[C@@H]1CCc2c(C(N)=O)c(=O)c3c(N)c(F)c(NC4CCN(C)CC4)c(Cl)c3n21. The summed E-state index contributed by atoms with van der Waals surface area (Å²) in [6.45, 7) is 3.76. The van der Waals surface area contributed by atoms with Gasteiger partial charge in [-0.25, -0.2) is 4.39 Å². The second-order valence-electron chi connectivity index (χ2n) is 8.13. The van der Waals surface area contributed by atoms with Crippen LogP contribution < -0.4 is 22.2 Å². The molecule has 0 saturated carbocycles. The van der Waals surface area contributed by atoms with Crippen molar-refractivity contribution in [1.82, 2.24) is 9.47 Å². The van der Waals surface area contributed by atoms with Crippen molar-refractivity contribution in [2.75, 3.05) is 31.2 Å². The third kappa shape index (κ3) is 3.05. The van der Waals surface area contributed by atoms with E-state index in [4.69, 9.17) is 23.1 Å². The van der Waals surface area contributed by atoms with E-state index in [2.05, 4.69) is 10.2 Å². The summed E-state index contributed by atoms with van der Waals surface area (Å²) in [6, 6.07) is 0.0341. The van der Waals surface area contributed by atoms with Crippen molar-refractivity contribution in [3.05, 3.63) is 32.3 Å². The predicted octanol–water partition coefficient (Wildman–Crippen LogP) is 2.49. The van der Waals surface area contributed by atoms with Crippen LogP contribution in [0, 0.1) is 5.82 Å². The highest BCUT2D eigenvalue weighted by Crippen LogP contribution is 2.42. The van der Waals surface area contributed by atoms with Crippen LogP contribution in [0.5, 0.6) is 0 Å². The number of anilines is 2. The zero-order valence-corrected chi connectivity index (χ0v) is 17.3. The number of piperidine rings is 1. The fourth-order valence-corrected chi connectivity index (χ4v) is 4.93. The Kier molecular flexibility index (Phi) is 4.94. The van der Waals surface area contributed by atoms with E-state index >= 15 is 4.39 Å². The summed E-state index contributed by atoms with van der Waals surface area (Å²) in [5, 5.41) is 3.26. The van der Waals surface area contributed by atoms with Crippen LogP contribution in [-0.4, -0.2) is 41.6 Å². The van der Waals surface area contributed by atoms with Crippen molar-refractivity contribution >= 4 is 39.8 Å². The zero-order valence-electron chi connectivity index (χ0n) is 16.5. The van der Waals surface area contributed by atoms with Gasteiger partial charge in [-0.15, -0.1) is 0 Å². The average molecular weight is 422 g/mol. The van der Waals surface area contributed by atoms with Crippen LogP contribution in [0.15, 0.2) is 4.79 Å². The maximum atomic E-state index is 15.2. The van der Waals surface area contributed by atoms with Gasteiger partial charge in [-0.2, -0.15) is 0 Å². The minimum Gasteiger partial charge on any atom is -0.396 e. The van der Waals surface area contributed by atoms with E-state index in [-0.39, 0.29) is 39.4 Å². The number of carbonyl (C=O) groups is 1. The van der Waals surface area contributed by atoms with Gasteiger partial charge in [-0.3, -0.25) is 9.59 Å². The Balaban J connectivity index is 1.98. The number of carbonyl (C=O) groups excluding carboxylic acids is 1. The van der Waals surface area contributed by atoms with E-state index < -0.39 is 17.2 Å². The summed E-state index contributed by atoms with van der Waals surface area (Å²) in [5.41, 5.74) is 11.5. The fourth-order valence-electron chi connectivity index (χ4n) is 4.61. The van der Waals surface area contributed by atoms with Gasteiger partial charge in [0.2, 0.25) is 5.43 Å². The lowest BCUT2D eigenvalue weighted by Gasteiger charge is -2.31. The Bertz CT molecular complexity index is 1080. The van der Waals surface area contributed by atoms with Crippen LogP contribution in [0.4, 0.5) is 15.8 Å². The maximum absolute atomic E-state index is 15.2. The number of benzene rings is 1. The lowest BCUT2D eigenvalue weighted by atomic mass is 10.0. The van der Waals surface area contributed by atoms with Gasteiger partial charge in [0.05, 0.1) is 27.3 Å². The highest BCUT2D eigenvalue weighted by molar-refractivity contribution is 6.38. The molecule has 2 aliphatic heterocycles. The van der Waals surface area contributed by atoms with E-state index in [0.717, 1.165) is 32.4 Å². The molecule has 0 unspecified atom stereocenters. The topological polar surface area (TPSA) is 106 Å². The van der Waals surface area contributed by atoms with Gasteiger partial charge in [0, 0.05) is 17.8 Å². The van der Waals surface area contributed by atoms with Crippen LogP contribution in [0.2, 0.25) is 5.02 Å². The van der Waals surface area contributed by atoms with E-state index in [0.29, 0.717) is 17.6 Å². The summed E-state index contributed by atoms with van der Waals surface area (Å²) >= 11 is 6.68. The summed E-state index contributed by atoms with van der Waals surface area (Å²) < 4.78 is 17.1. The molecule has 4 rings (SSSR count). The molecule has 3 heterocycles. The first kappa shape index (κ1) is 20.0. The molecule has 1 amide bonds. The lowest BCUT2D eigenvalue weighted by Crippen LogP contribution is -2.37. The van der Waals surface area contributed by atoms with Crippen molar-refractivity contribution in [3.63, 3.8) is 0 Å². The van der Waals surface area contributed by atoms with E-state index in [9.17, 15) is 9.59 Å². The fraction of sp³-hybridized carbons (Fsp3) is 0.500. The molecule has 7 nitrogen and oxygen atoms in total. The monoisotopic (exact) mass is 421 g/mol. The minimum absolute atomic E-state index is 0.0234. The molecule has 5 N–H and O–H groups in total. The van der Waals surface area contributed by atoms with Crippen molar-refractivity contribution in [1.29, 1.82) is 0 Å². The third-order valence-electron chi connectivity index (χ3n) is 6.22. The number of hydrogen-bond acceptors (Lipinski definition) is 5. The molecule has 29 heavy (non-hydrogen) atoms. The molecule has 9 heteroatoms. The molecular formula is C20H25ClFN5O2. The second-order valence-corrected chi connectivity index (χ2v) is 8.51. The normalized spacial score (nSPS) is 20.2. The number of amides is 1. The number of pyridine rings is 1. The molecule has 1 saturated heterocycles. The largest absolute Gasteiger partial charge is 0.396 e. The number of hydrogen-bond donors (Lipinski definition) is 3. The number of nitrogens with one attached hydrogen (secondary N) is 1. The highest BCUT2D eigenvalue weighted by atomic mass is 35.5. The van der Waals surface area contributed by atoms with Gasteiger partial charge in [0.15, 0.2) is 5.82 Å². The first-order chi connectivity index (χ1) is 13.7. The zero-order chi connectivity index (χ0) is 21.0. The smallest absolute Gasteiger partial charge is 0.254 e. The third-order valence-corrected chi connectivity index (χ3v) is 6.59. The number of primary amides is 1. The molecular weight excluding hydrogens is 397 g/mol. The number of nitrogens with zero attached hydrogens (tertiary/aromatic N) is 2. The number of nitrogen functional groups attached to an aromatic ring is 1. The van der Waals surface area contributed by atoms with Crippen LogP contribution in [0.25, 0.3) is 10.9 Å². The summed E-state index contributed by atoms with van der Waals surface area (Å²) in [7, 11) is 2.05. The molecule has 2 aliphatic rings. The summed E-state index contributed by atoms with van der Waals surface area (Å²) in [6.07, 6.45) is 2.94. The number of fused-ring (bicyclic) bond motifs is 3. The van der Waals surface area contributed by atoms with Crippen LogP contribution >= 0.6 is 11.6 Å². The Hall–Kier alpha value is -2.32. The van der Waals surface area contributed by atoms with Gasteiger partial charge in [0.1, 0.15) is 5.56 Å². The Morgan fingerprint density at radius 2 is 1.93 bits per heavy atom.